The number of hydrogen-bond acceptors (Lipinski definition) is 4. The number of piperidine rings is 1. The van der Waals surface area contributed by atoms with Gasteiger partial charge in [-0.2, -0.15) is 5.10 Å². The molecule has 3 aromatic rings. The van der Waals surface area contributed by atoms with Crippen LogP contribution in [0.3, 0.4) is 0 Å². The van der Waals surface area contributed by atoms with Crippen molar-refractivity contribution in [2.24, 2.45) is 0 Å². The van der Waals surface area contributed by atoms with Crippen molar-refractivity contribution < 1.29 is 4.79 Å². The second-order valence-electron chi connectivity index (χ2n) is 8.86. The number of para-hydroxylation sites is 1. The van der Waals surface area contributed by atoms with Gasteiger partial charge in [0.15, 0.2) is 0 Å². The summed E-state index contributed by atoms with van der Waals surface area (Å²) in [5, 5.41) is 4.29. The Hall–Kier alpha value is -3.12. The van der Waals surface area contributed by atoms with E-state index < -0.39 is 0 Å². The second kappa shape index (κ2) is 9.17. The van der Waals surface area contributed by atoms with Crippen molar-refractivity contribution >= 4 is 11.6 Å². The first-order chi connectivity index (χ1) is 15.7. The molecule has 1 aromatic heterocycles. The van der Waals surface area contributed by atoms with E-state index in [9.17, 15) is 4.79 Å². The molecule has 32 heavy (non-hydrogen) atoms. The molecular formula is C26H31N5O. The minimum Gasteiger partial charge on any atom is -0.369 e. The van der Waals surface area contributed by atoms with E-state index in [0.29, 0.717) is 6.04 Å². The van der Waals surface area contributed by atoms with Crippen LogP contribution in [0.25, 0.3) is 5.69 Å². The number of piperazine rings is 1. The van der Waals surface area contributed by atoms with Gasteiger partial charge in [-0.3, -0.25) is 9.69 Å². The highest BCUT2D eigenvalue weighted by atomic mass is 16.2. The molecule has 0 aliphatic carbocycles. The minimum atomic E-state index is 0.127. The fourth-order valence-corrected chi connectivity index (χ4v) is 5.07. The Kier molecular flexibility index (Phi) is 5.95. The lowest BCUT2D eigenvalue weighted by atomic mass is 10.0. The molecule has 0 spiro atoms. The molecule has 1 amide bonds. The van der Waals surface area contributed by atoms with Crippen molar-refractivity contribution in [1.82, 2.24) is 19.6 Å². The maximum Gasteiger partial charge on any atom is 0.253 e. The van der Waals surface area contributed by atoms with Crippen molar-refractivity contribution in [3.05, 3.63) is 78.1 Å². The minimum absolute atomic E-state index is 0.127. The Morgan fingerprint density at radius 3 is 2.59 bits per heavy atom. The number of hydrogen-bond donors (Lipinski definition) is 0. The zero-order valence-electron chi connectivity index (χ0n) is 18.7. The standard InChI is InChI=1S/C26H31N5O/c1-21-7-2-3-11-25(21)29-17-15-28(16-18-29)24-10-5-13-30(20-24)26(32)22-8-4-9-23(19-22)31-14-6-12-27-31/h2-4,6-9,11-12,14,19,24H,5,10,13,15-18,20H2,1H3/t24-/m0/s1. The Balaban J connectivity index is 1.22. The van der Waals surface area contributed by atoms with Crippen molar-refractivity contribution in [2.45, 2.75) is 25.8 Å². The van der Waals surface area contributed by atoms with Crippen LogP contribution in [0.1, 0.15) is 28.8 Å². The van der Waals surface area contributed by atoms with Crippen LogP contribution in [0.5, 0.6) is 0 Å². The molecule has 0 N–H and O–H groups in total. The lowest BCUT2D eigenvalue weighted by Crippen LogP contribution is -2.56. The van der Waals surface area contributed by atoms with Crippen LogP contribution < -0.4 is 4.90 Å². The number of amides is 1. The first-order valence-corrected chi connectivity index (χ1v) is 11.6. The van der Waals surface area contributed by atoms with Gasteiger partial charge in [0.2, 0.25) is 0 Å². The molecule has 2 fully saturated rings. The Morgan fingerprint density at radius 1 is 0.969 bits per heavy atom. The van der Waals surface area contributed by atoms with Crippen molar-refractivity contribution in [3.8, 4) is 5.69 Å². The summed E-state index contributed by atoms with van der Waals surface area (Å²) in [6, 6.07) is 18.8. The third kappa shape index (κ3) is 4.28. The van der Waals surface area contributed by atoms with Gasteiger partial charge >= 0.3 is 0 Å². The Labute approximate surface area is 190 Å². The van der Waals surface area contributed by atoms with Crippen molar-refractivity contribution in [2.75, 3.05) is 44.2 Å². The third-order valence-corrected chi connectivity index (χ3v) is 6.83. The molecule has 0 bridgehead atoms. The van der Waals surface area contributed by atoms with Crippen LogP contribution in [0.2, 0.25) is 0 Å². The zero-order valence-corrected chi connectivity index (χ0v) is 18.7. The highest BCUT2D eigenvalue weighted by Crippen LogP contribution is 2.24. The molecule has 5 rings (SSSR count). The van der Waals surface area contributed by atoms with Gasteiger partial charge in [-0.1, -0.05) is 24.3 Å². The topological polar surface area (TPSA) is 44.6 Å². The highest BCUT2D eigenvalue weighted by molar-refractivity contribution is 5.94. The molecule has 2 aliphatic heterocycles. The van der Waals surface area contributed by atoms with Gasteiger partial charge in [0.1, 0.15) is 0 Å². The highest BCUT2D eigenvalue weighted by Gasteiger charge is 2.30. The van der Waals surface area contributed by atoms with Crippen LogP contribution in [0.15, 0.2) is 67.0 Å². The largest absolute Gasteiger partial charge is 0.369 e. The average Bonchev–Trinajstić information content (AvgIpc) is 3.39. The van der Waals surface area contributed by atoms with Gasteiger partial charge in [-0.05, 0) is 55.7 Å². The number of aromatic nitrogens is 2. The Bertz CT molecular complexity index is 1060. The lowest BCUT2D eigenvalue weighted by molar-refractivity contribution is 0.0563. The van der Waals surface area contributed by atoms with Crippen LogP contribution in [0, 0.1) is 6.92 Å². The maximum atomic E-state index is 13.3. The molecular weight excluding hydrogens is 398 g/mol. The first-order valence-electron chi connectivity index (χ1n) is 11.6. The molecule has 0 saturated carbocycles. The van der Waals surface area contributed by atoms with E-state index in [1.165, 1.54) is 17.7 Å². The second-order valence-corrected chi connectivity index (χ2v) is 8.86. The van der Waals surface area contributed by atoms with Crippen LogP contribution in [-0.2, 0) is 0 Å². The van der Waals surface area contributed by atoms with E-state index >= 15 is 0 Å². The predicted molar refractivity (Wildman–Crippen MR) is 127 cm³/mol. The molecule has 6 heteroatoms. The number of carbonyl (C=O) groups excluding carboxylic acids is 1. The van der Waals surface area contributed by atoms with Gasteiger partial charge in [0.05, 0.1) is 5.69 Å². The number of anilines is 1. The van der Waals surface area contributed by atoms with Gasteiger partial charge in [-0.25, -0.2) is 4.68 Å². The SMILES string of the molecule is Cc1ccccc1N1CCN([C@H]2CCCN(C(=O)c3cccc(-n4cccn4)c3)C2)CC1. The fourth-order valence-electron chi connectivity index (χ4n) is 5.07. The molecule has 0 radical (unpaired) electrons. The summed E-state index contributed by atoms with van der Waals surface area (Å²) < 4.78 is 1.80. The maximum absolute atomic E-state index is 13.3. The van der Waals surface area contributed by atoms with Gasteiger partial charge in [-0.15, -0.1) is 0 Å². The first kappa shape index (κ1) is 20.8. The number of rotatable bonds is 4. The summed E-state index contributed by atoms with van der Waals surface area (Å²) in [4.78, 5) is 20.4. The van der Waals surface area contributed by atoms with Crippen molar-refractivity contribution in [3.63, 3.8) is 0 Å². The van der Waals surface area contributed by atoms with Gasteiger partial charge < -0.3 is 9.80 Å². The summed E-state index contributed by atoms with van der Waals surface area (Å²) >= 11 is 0. The number of likely N-dealkylation sites (tertiary alicyclic amines) is 1. The Morgan fingerprint density at radius 2 is 1.81 bits per heavy atom. The summed E-state index contributed by atoms with van der Waals surface area (Å²) in [6.07, 6.45) is 5.88. The van der Waals surface area contributed by atoms with E-state index in [1.54, 1.807) is 10.9 Å². The van der Waals surface area contributed by atoms with Crippen LogP contribution in [0.4, 0.5) is 5.69 Å². The molecule has 2 aromatic carbocycles. The predicted octanol–water partition coefficient (Wildman–Crippen LogP) is 3.61. The molecule has 6 nitrogen and oxygen atoms in total. The lowest BCUT2D eigenvalue weighted by Gasteiger charge is -2.44. The van der Waals surface area contributed by atoms with Gasteiger partial charge in [0.25, 0.3) is 5.91 Å². The normalized spacial score (nSPS) is 19.8. The zero-order chi connectivity index (χ0) is 21.9. The number of nitrogens with zero attached hydrogens (tertiary/aromatic N) is 5. The molecule has 0 unspecified atom stereocenters. The third-order valence-electron chi connectivity index (χ3n) is 6.83. The smallest absolute Gasteiger partial charge is 0.253 e. The average molecular weight is 430 g/mol. The van der Waals surface area contributed by atoms with Crippen LogP contribution in [-0.4, -0.2) is 70.8 Å². The number of benzene rings is 2. The number of carbonyl (C=O) groups is 1. The molecule has 166 valence electrons. The van der Waals surface area contributed by atoms with E-state index in [2.05, 4.69) is 46.1 Å². The summed E-state index contributed by atoms with van der Waals surface area (Å²) in [6.45, 7) is 8.03. The van der Waals surface area contributed by atoms with E-state index in [4.69, 9.17) is 0 Å². The molecule has 2 saturated heterocycles. The van der Waals surface area contributed by atoms with Crippen LogP contribution >= 0.6 is 0 Å². The molecule has 1 atom stereocenters. The summed E-state index contributed by atoms with van der Waals surface area (Å²) in [5.74, 6) is 0.127. The van der Waals surface area contributed by atoms with E-state index in [0.717, 1.165) is 56.9 Å². The monoisotopic (exact) mass is 429 g/mol. The fraction of sp³-hybridized carbons (Fsp3) is 0.385. The molecule has 3 heterocycles. The molecule has 2 aliphatic rings. The number of aryl methyl sites for hydroxylation is 1. The van der Waals surface area contributed by atoms with Gasteiger partial charge in [0, 0.05) is 69.0 Å². The van der Waals surface area contributed by atoms with Crippen molar-refractivity contribution in [1.29, 1.82) is 0 Å². The summed E-state index contributed by atoms with van der Waals surface area (Å²) in [7, 11) is 0. The summed E-state index contributed by atoms with van der Waals surface area (Å²) in [5.41, 5.74) is 4.35. The van der Waals surface area contributed by atoms with E-state index in [1.807, 2.05) is 41.4 Å². The quantitative estimate of drug-likeness (QED) is 0.636. The van der Waals surface area contributed by atoms with E-state index in [-0.39, 0.29) is 5.91 Å².